The molecule has 120 valence electrons. The SMILES string of the molecule is CC(C)(C)C1CCC(OC(=O)c2ccccc2C(=O)O)CC1. The van der Waals surface area contributed by atoms with Crippen molar-refractivity contribution >= 4 is 11.9 Å². The molecule has 0 saturated heterocycles. The lowest BCUT2D eigenvalue weighted by molar-refractivity contribution is 0.00897. The van der Waals surface area contributed by atoms with Gasteiger partial charge in [-0.3, -0.25) is 0 Å². The summed E-state index contributed by atoms with van der Waals surface area (Å²) in [5.41, 5.74) is 0.411. The number of carbonyl (C=O) groups excluding carboxylic acids is 1. The highest BCUT2D eigenvalue weighted by Crippen LogP contribution is 2.38. The van der Waals surface area contributed by atoms with E-state index in [1.54, 1.807) is 12.1 Å². The first kappa shape index (κ1) is 16.5. The molecule has 0 bridgehead atoms. The summed E-state index contributed by atoms with van der Waals surface area (Å²) in [7, 11) is 0. The Morgan fingerprint density at radius 2 is 1.59 bits per heavy atom. The van der Waals surface area contributed by atoms with Gasteiger partial charge in [0.25, 0.3) is 0 Å². The molecule has 22 heavy (non-hydrogen) atoms. The van der Waals surface area contributed by atoms with Gasteiger partial charge in [-0.05, 0) is 49.1 Å². The van der Waals surface area contributed by atoms with E-state index in [1.807, 2.05) is 0 Å². The fraction of sp³-hybridized carbons (Fsp3) is 0.556. The number of rotatable bonds is 3. The minimum Gasteiger partial charge on any atom is -0.478 e. The zero-order chi connectivity index (χ0) is 16.3. The normalized spacial score (nSPS) is 22.1. The molecule has 4 nitrogen and oxygen atoms in total. The number of carboxylic acid groups (broad SMARTS) is 1. The Kier molecular flexibility index (Phi) is 4.89. The van der Waals surface area contributed by atoms with E-state index in [9.17, 15) is 9.59 Å². The van der Waals surface area contributed by atoms with E-state index in [0.717, 1.165) is 25.7 Å². The lowest BCUT2D eigenvalue weighted by atomic mass is 9.72. The van der Waals surface area contributed by atoms with Crippen LogP contribution < -0.4 is 0 Å². The molecule has 4 heteroatoms. The van der Waals surface area contributed by atoms with Crippen LogP contribution in [0.25, 0.3) is 0 Å². The minimum atomic E-state index is -1.11. The van der Waals surface area contributed by atoms with E-state index in [2.05, 4.69) is 20.8 Å². The fourth-order valence-corrected chi connectivity index (χ4v) is 3.11. The van der Waals surface area contributed by atoms with Gasteiger partial charge >= 0.3 is 11.9 Å². The highest BCUT2D eigenvalue weighted by molar-refractivity contribution is 6.02. The van der Waals surface area contributed by atoms with E-state index in [1.165, 1.54) is 12.1 Å². The highest BCUT2D eigenvalue weighted by Gasteiger charge is 2.31. The summed E-state index contributed by atoms with van der Waals surface area (Å²) in [4.78, 5) is 23.4. The van der Waals surface area contributed by atoms with Gasteiger partial charge in [-0.1, -0.05) is 32.9 Å². The average molecular weight is 304 g/mol. The second-order valence-electron chi connectivity index (χ2n) is 7.10. The molecule has 0 amide bonds. The summed E-state index contributed by atoms with van der Waals surface area (Å²) in [5, 5.41) is 9.14. The molecule has 1 aliphatic carbocycles. The molecule has 0 aromatic heterocycles. The minimum absolute atomic E-state index is 0.00382. The van der Waals surface area contributed by atoms with Crippen molar-refractivity contribution in [3.63, 3.8) is 0 Å². The van der Waals surface area contributed by atoms with Gasteiger partial charge < -0.3 is 9.84 Å². The highest BCUT2D eigenvalue weighted by atomic mass is 16.5. The van der Waals surface area contributed by atoms with Gasteiger partial charge in [-0.15, -0.1) is 0 Å². The molecule has 1 fully saturated rings. The molecule has 1 saturated carbocycles. The maximum atomic E-state index is 12.2. The predicted molar refractivity (Wildman–Crippen MR) is 84.0 cm³/mol. The van der Waals surface area contributed by atoms with E-state index < -0.39 is 11.9 Å². The first-order chi connectivity index (χ1) is 10.3. The molecule has 1 aromatic rings. The van der Waals surface area contributed by atoms with Gasteiger partial charge in [0.15, 0.2) is 0 Å². The number of benzene rings is 1. The van der Waals surface area contributed by atoms with Crippen LogP contribution in [0.3, 0.4) is 0 Å². The number of carboxylic acids is 1. The van der Waals surface area contributed by atoms with Crippen molar-refractivity contribution < 1.29 is 19.4 Å². The van der Waals surface area contributed by atoms with Crippen molar-refractivity contribution in [3.8, 4) is 0 Å². The summed E-state index contributed by atoms with van der Waals surface area (Å²) in [6, 6.07) is 6.19. The zero-order valence-corrected chi connectivity index (χ0v) is 13.5. The Labute approximate surface area is 131 Å². The van der Waals surface area contributed by atoms with E-state index in [0.29, 0.717) is 5.92 Å². The summed E-state index contributed by atoms with van der Waals surface area (Å²) in [6.07, 6.45) is 3.68. The van der Waals surface area contributed by atoms with Gasteiger partial charge in [0.1, 0.15) is 6.10 Å². The van der Waals surface area contributed by atoms with Crippen molar-refractivity contribution in [1.82, 2.24) is 0 Å². The Balaban J connectivity index is 1.98. The van der Waals surface area contributed by atoms with Gasteiger partial charge in [0.2, 0.25) is 0 Å². The van der Waals surface area contributed by atoms with Gasteiger partial charge in [-0.2, -0.15) is 0 Å². The molecule has 0 heterocycles. The molecule has 0 aliphatic heterocycles. The van der Waals surface area contributed by atoms with Crippen molar-refractivity contribution in [3.05, 3.63) is 35.4 Å². The average Bonchev–Trinajstić information content (AvgIpc) is 2.46. The number of hydrogen-bond acceptors (Lipinski definition) is 3. The van der Waals surface area contributed by atoms with Gasteiger partial charge in [-0.25, -0.2) is 9.59 Å². The Bertz CT molecular complexity index is 548. The third-order valence-electron chi connectivity index (χ3n) is 4.55. The fourth-order valence-electron chi connectivity index (χ4n) is 3.11. The quantitative estimate of drug-likeness (QED) is 0.852. The topological polar surface area (TPSA) is 63.6 Å². The lowest BCUT2D eigenvalue weighted by Crippen LogP contribution is -2.30. The smallest absolute Gasteiger partial charge is 0.339 e. The molecule has 1 N–H and O–H groups in total. The molecule has 1 aromatic carbocycles. The van der Waals surface area contributed by atoms with Crippen LogP contribution in [-0.4, -0.2) is 23.1 Å². The summed E-state index contributed by atoms with van der Waals surface area (Å²) in [5.74, 6) is -0.991. The molecule has 0 spiro atoms. The van der Waals surface area contributed by atoms with Crippen LogP contribution in [0.15, 0.2) is 24.3 Å². The summed E-state index contributed by atoms with van der Waals surface area (Å²) < 4.78 is 5.53. The number of aromatic carboxylic acids is 1. The third kappa shape index (κ3) is 3.87. The van der Waals surface area contributed by atoms with Crippen molar-refractivity contribution in [2.75, 3.05) is 0 Å². The maximum Gasteiger partial charge on any atom is 0.339 e. The van der Waals surface area contributed by atoms with Crippen LogP contribution in [0, 0.1) is 11.3 Å². The van der Waals surface area contributed by atoms with Crippen LogP contribution >= 0.6 is 0 Å². The Hall–Kier alpha value is -1.84. The molecule has 0 unspecified atom stereocenters. The largest absolute Gasteiger partial charge is 0.478 e. The zero-order valence-electron chi connectivity index (χ0n) is 13.5. The molecule has 0 atom stereocenters. The van der Waals surface area contributed by atoms with E-state index in [-0.39, 0.29) is 22.6 Å². The summed E-state index contributed by atoms with van der Waals surface area (Å²) >= 11 is 0. The molecular formula is C18H24O4. The van der Waals surface area contributed by atoms with Crippen molar-refractivity contribution in [2.24, 2.45) is 11.3 Å². The standard InChI is InChI=1S/C18H24O4/c1-18(2,3)12-8-10-13(11-9-12)22-17(21)15-7-5-4-6-14(15)16(19)20/h4-7,12-13H,8-11H2,1-3H3,(H,19,20). The molecular weight excluding hydrogens is 280 g/mol. The second-order valence-corrected chi connectivity index (χ2v) is 7.10. The third-order valence-corrected chi connectivity index (χ3v) is 4.55. The van der Waals surface area contributed by atoms with E-state index in [4.69, 9.17) is 9.84 Å². The number of hydrogen-bond donors (Lipinski definition) is 1. The lowest BCUT2D eigenvalue weighted by Gasteiger charge is -2.36. The van der Waals surface area contributed by atoms with Crippen LogP contribution in [0.5, 0.6) is 0 Å². The van der Waals surface area contributed by atoms with Crippen LogP contribution in [0.2, 0.25) is 0 Å². The monoisotopic (exact) mass is 304 g/mol. The van der Waals surface area contributed by atoms with Gasteiger partial charge in [0, 0.05) is 0 Å². The van der Waals surface area contributed by atoms with E-state index >= 15 is 0 Å². The number of carbonyl (C=O) groups is 2. The number of ether oxygens (including phenoxy) is 1. The molecule has 1 aliphatic rings. The molecule has 2 rings (SSSR count). The van der Waals surface area contributed by atoms with Crippen LogP contribution in [0.4, 0.5) is 0 Å². The second kappa shape index (κ2) is 6.51. The van der Waals surface area contributed by atoms with Crippen molar-refractivity contribution in [2.45, 2.75) is 52.6 Å². The molecule has 0 radical (unpaired) electrons. The number of esters is 1. The Morgan fingerprint density at radius 1 is 1.05 bits per heavy atom. The first-order valence-electron chi connectivity index (χ1n) is 7.82. The summed E-state index contributed by atoms with van der Waals surface area (Å²) in [6.45, 7) is 6.73. The van der Waals surface area contributed by atoms with Crippen LogP contribution in [-0.2, 0) is 4.74 Å². The first-order valence-corrected chi connectivity index (χ1v) is 7.82. The van der Waals surface area contributed by atoms with Gasteiger partial charge in [0.05, 0.1) is 11.1 Å². The Morgan fingerprint density at radius 3 is 2.09 bits per heavy atom. The van der Waals surface area contributed by atoms with Crippen molar-refractivity contribution in [1.29, 1.82) is 0 Å². The van der Waals surface area contributed by atoms with Crippen LogP contribution in [0.1, 0.15) is 67.2 Å². The predicted octanol–water partition coefficient (Wildman–Crippen LogP) is 4.15. The maximum absolute atomic E-state index is 12.2.